The summed E-state index contributed by atoms with van der Waals surface area (Å²) in [5.41, 5.74) is 1.59. The summed E-state index contributed by atoms with van der Waals surface area (Å²) in [4.78, 5) is 4.57. The van der Waals surface area contributed by atoms with Crippen molar-refractivity contribution in [1.29, 1.82) is 0 Å². The van der Waals surface area contributed by atoms with Crippen LogP contribution < -0.4 is 0 Å². The first-order valence-electron chi connectivity index (χ1n) is 4.09. The second-order valence-corrected chi connectivity index (χ2v) is 3.95. The molecule has 2 nitrogen and oxygen atoms in total. The van der Waals surface area contributed by atoms with E-state index in [1.54, 1.807) is 11.7 Å². The maximum atomic E-state index is 11.8. The van der Waals surface area contributed by atoms with Crippen LogP contribution in [0.2, 0.25) is 0 Å². The highest BCUT2D eigenvalue weighted by Crippen LogP contribution is 2.23. The van der Waals surface area contributed by atoms with E-state index < -0.39 is 18.7 Å². The molecule has 1 heterocycles. The van der Waals surface area contributed by atoms with Crippen molar-refractivity contribution in [3.8, 4) is 0 Å². The quantitative estimate of drug-likeness (QED) is 0.853. The number of hydrogen-bond acceptors (Lipinski definition) is 3. The third kappa shape index (κ3) is 4.57. The monoisotopic (exact) mass is 225 g/mol. The van der Waals surface area contributed by atoms with Crippen LogP contribution in [-0.4, -0.2) is 22.4 Å². The molecule has 1 unspecified atom stereocenters. The Hall–Kier alpha value is -0.620. The molecule has 0 aliphatic carbocycles. The van der Waals surface area contributed by atoms with Gasteiger partial charge in [-0.25, -0.2) is 0 Å². The van der Waals surface area contributed by atoms with E-state index in [2.05, 4.69) is 4.98 Å². The molecule has 1 atom stereocenters. The van der Waals surface area contributed by atoms with E-state index in [1.807, 2.05) is 0 Å². The molecule has 0 spiro atoms. The number of aromatic nitrogens is 1. The van der Waals surface area contributed by atoms with Gasteiger partial charge in [0.25, 0.3) is 0 Å². The van der Waals surface area contributed by atoms with Crippen LogP contribution in [0, 0.1) is 0 Å². The lowest BCUT2D eigenvalue weighted by atomic mass is 10.1. The van der Waals surface area contributed by atoms with Crippen LogP contribution >= 0.6 is 11.3 Å². The van der Waals surface area contributed by atoms with E-state index in [0.717, 1.165) is 4.88 Å². The van der Waals surface area contributed by atoms with Gasteiger partial charge in [-0.3, -0.25) is 4.98 Å². The Morgan fingerprint density at radius 1 is 1.50 bits per heavy atom. The molecule has 6 heteroatoms. The second kappa shape index (κ2) is 4.75. The van der Waals surface area contributed by atoms with Crippen LogP contribution in [0.5, 0.6) is 0 Å². The first-order valence-corrected chi connectivity index (χ1v) is 4.97. The molecule has 0 bridgehead atoms. The zero-order valence-corrected chi connectivity index (χ0v) is 8.11. The summed E-state index contributed by atoms with van der Waals surface area (Å²) < 4.78 is 35.3. The van der Waals surface area contributed by atoms with Gasteiger partial charge in [0.1, 0.15) is 0 Å². The Kier molecular flexibility index (Phi) is 3.88. The smallest absolute Gasteiger partial charge is 0.389 e. The summed E-state index contributed by atoms with van der Waals surface area (Å²) in [6.45, 7) is 0. The van der Waals surface area contributed by atoms with Gasteiger partial charge in [0, 0.05) is 23.9 Å². The standard InChI is InChI=1S/C8H10F3NOS/c9-8(10,11)2-1-6(13)3-7-4-12-5-14-7/h4-6,13H,1-3H2. The van der Waals surface area contributed by atoms with Gasteiger partial charge >= 0.3 is 6.18 Å². The highest BCUT2D eigenvalue weighted by Gasteiger charge is 2.27. The number of nitrogens with zero attached hydrogens (tertiary/aromatic N) is 1. The lowest BCUT2D eigenvalue weighted by Crippen LogP contribution is -2.15. The third-order valence-corrected chi connectivity index (χ3v) is 2.48. The summed E-state index contributed by atoms with van der Waals surface area (Å²) in [6, 6.07) is 0. The van der Waals surface area contributed by atoms with Crippen LogP contribution in [0.25, 0.3) is 0 Å². The predicted octanol–water partition coefficient (Wildman–Crippen LogP) is 2.39. The summed E-state index contributed by atoms with van der Waals surface area (Å²) in [6.07, 6.45) is -4.50. The summed E-state index contributed by atoms with van der Waals surface area (Å²) in [7, 11) is 0. The number of rotatable bonds is 4. The Balaban J connectivity index is 2.26. The minimum Gasteiger partial charge on any atom is -0.393 e. The molecule has 1 N–H and O–H groups in total. The molecule has 0 aliphatic heterocycles. The molecule has 1 aromatic rings. The van der Waals surface area contributed by atoms with Crippen LogP contribution in [0.3, 0.4) is 0 Å². The van der Waals surface area contributed by atoms with Gasteiger partial charge in [-0.1, -0.05) is 0 Å². The molecule has 0 fully saturated rings. The molecule has 1 aromatic heterocycles. The van der Waals surface area contributed by atoms with E-state index in [4.69, 9.17) is 0 Å². The fourth-order valence-electron chi connectivity index (χ4n) is 1.01. The molecule has 14 heavy (non-hydrogen) atoms. The normalized spacial score (nSPS) is 14.3. The number of alkyl halides is 3. The van der Waals surface area contributed by atoms with E-state index in [9.17, 15) is 18.3 Å². The molecule has 0 amide bonds. The molecule has 1 rings (SSSR count). The number of hydrogen-bond donors (Lipinski definition) is 1. The van der Waals surface area contributed by atoms with Crippen LogP contribution in [-0.2, 0) is 6.42 Å². The Labute approximate surface area is 83.4 Å². The van der Waals surface area contributed by atoms with Gasteiger partial charge in [0.2, 0.25) is 0 Å². The van der Waals surface area contributed by atoms with Gasteiger partial charge in [-0.05, 0) is 6.42 Å². The molecule has 0 saturated heterocycles. The van der Waals surface area contributed by atoms with Crippen molar-refractivity contribution >= 4 is 11.3 Å². The SMILES string of the molecule is OC(CCC(F)(F)F)Cc1cncs1. The van der Waals surface area contributed by atoms with Crippen molar-refractivity contribution in [2.75, 3.05) is 0 Å². The van der Waals surface area contributed by atoms with Gasteiger partial charge in [-0.15, -0.1) is 11.3 Å². The lowest BCUT2D eigenvalue weighted by molar-refractivity contribution is -0.139. The highest BCUT2D eigenvalue weighted by molar-refractivity contribution is 7.09. The number of aliphatic hydroxyl groups excluding tert-OH is 1. The molecule has 0 saturated carbocycles. The van der Waals surface area contributed by atoms with Crippen LogP contribution in [0.1, 0.15) is 17.7 Å². The van der Waals surface area contributed by atoms with E-state index in [1.165, 1.54) is 11.3 Å². The minimum absolute atomic E-state index is 0.249. The molecular weight excluding hydrogens is 215 g/mol. The van der Waals surface area contributed by atoms with E-state index in [-0.39, 0.29) is 12.8 Å². The van der Waals surface area contributed by atoms with E-state index in [0.29, 0.717) is 0 Å². The van der Waals surface area contributed by atoms with Crippen molar-refractivity contribution < 1.29 is 18.3 Å². The van der Waals surface area contributed by atoms with Crippen molar-refractivity contribution in [3.63, 3.8) is 0 Å². The zero-order chi connectivity index (χ0) is 10.6. The minimum atomic E-state index is -4.19. The van der Waals surface area contributed by atoms with E-state index >= 15 is 0 Å². The first kappa shape index (κ1) is 11.5. The summed E-state index contributed by atoms with van der Waals surface area (Å²) in [5.74, 6) is 0. The largest absolute Gasteiger partial charge is 0.393 e. The van der Waals surface area contributed by atoms with Crippen LogP contribution in [0.15, 0.2) is 11.7 Å². The zero-order valence-electron chi connectivity index (χ0n) is 7.29. The van der Waals surface area contributed by atoms with Gasteiger partial charge in [0.05, 0.1) is 11.6 Å². The fourth-order valence-corrected chi connectivity index (χ4v) is 1.67. The molecular formula is C8H10F3NOS. The van der Waals surface area contributed by atoms with Crippen LogP contribution in [0.4, 0.5) is 13.2 Å². The summed E-state index contributed by atoms with van der Waals surface area (Å²) in [5, 5.41) is 9.26. The Morgan fingerprint density at radius 2 is 2.21 bits per heavy atom. The summed E-state index contributed by atoms with van der Waals surface area (Å²) >= 11 is 1.33. The van der Waals surface area contributed by atoms with Gasteiger partial charge in [0.15, 0.2) is 0 Å². The fraction of sp³-hybridized carbons (Fsp3) is 0.625. The number of aliphatic hydroxyl groups is 1. The molecule has 0 radical (unpaired) electrons. The average Bonchev–Trinajstić information content (AvgIpc) is 2.52. The van der Waals surface area contributed by atoms with Crippen molar-refractivity contribution in [3.05, 3.63) is 16.6 Å². The maximum Gasteiger partial charge on any atom is 0.389 e. The van der Waals surface area contributed by atoms with Gasteiger partial charge < -0.3 is 5.11 Å². The Bertz CT molecular complexity index is 260. The number of halogens is 3. The van der Waals surface area contributed by atoms with Crippen molar-refractivity contribution in [2.45, 2.75) is 31.5 Å². The Morgan fingerprint density at radius 3 is 2.71 bits per heavy atom. The topological polar surface area (TPSA) is 33.1 Å². The predicted molar refractivity (Wildman–Crippen MR) is 47.1 cm³/mol. The highest BCUT2D eigenvalue weighted by atomic mass is 32.1. The maximum absolute atomic E-state index is 11.8. The number of thiazole rings is 1. The van der Waals surface area contributed by atoms with Gasteiger partial charge in [-0.2, -0.15) is 13.2 Å². The third-order valence-electron chi connectivity index (χ3n) is 1.68. The van der Waals surface area contributed by atoms with Crippen molar-refractivity contribution in [1.82, 2.24) is 4.98 Å². The average molecular weight is 225 g/mol. The molecule has 0 aliphatic rings. The first-order chi connectivity index (χ1) is 6.47. The molecule has 80 valence electrons. The lowest BCUT2D eigenvalue weighted by Gasteiger charge is -2.10. The second-order valence-electron chi connectivity index (χ2n) is 2.98. The molecule has 0 aromatic carbocycles. The van der Waals surface area contributed by atoms with Crippen molar-refractivity contribution in [2.24, 2.45) is 0 Å².